The summed E-state index contributed by atoms with van der Waals surface area (Å²) in [5.74, 6) is -2.09. The van der Waals surface area contributed by atoms with Gasteiger partial charge in [-0.2, -0.15) is 0 Å². The lowest BCUT2D eigenvalue weighted by molar-refractivity contribution is -0.147. The van der Waals surface area contributed by atoms with Crippen molar-refractivity contribution >= 4 is 29.4 Å². The van der Waals surface area contributed by atoms with Crippen LogP contribution >= 0.6 is 0 Å². The molecule has 0 spiro atoms. The standard InChI is InChI=1S/C23H24N2O6/c1-23(2,3)14-9-10-18(30-4)17(11-14)24-19(26)13-31-20(27)12-25-21(28)15-7-5-6-8-16(15)22(25)29/h5-11H,12-13H2,1-4H3,(H,24,26). The zero-order chi connectivity index (χ0) is 22.8. The Hall–Kier alpha value is -3.68. The van der Waals surface area contributed by atoms with E-state index in [4.69, 9.17) is 9.47 Å². The number of fused-ring (bicyclic) bond motifs is 1. The molecule has 1 heterocycles. The number of esters is 1. The van der Waals surface area contributed by atoms with Gasteiger partial charge >= 0.3 is 5.97 Å². The average Bonchev–Trinajstić information content (AvgIpc) is 2.96. The highest BCUT2D eigenvalue weighted by atomic mass is 16.5. The third-order valence-corrected chi connectivity index (χ3v) is 4.87. The molecule has 162 valence electrons. The normalized spacial score (nSPS) is 13.1. The summed E-state index contributed by atoms with van der Waals surface area (Å²) in [5, 5.41) is 2.67. The maximum absolute atomic E-state index is 12.3. The van der Waals surface area contributed by atoms with E-state index in [1.54, 1.807) is 24.3 Å². The van der Waals surface area contributed by atoms with Crippen molar-refractivity contribution in [1.82, 2.24) is 4.90 Å². The molecule has 8 nitrogen and oxygen atoms in total. The van der Waals surface area contributed by atoms with Crippen LogP contribution in [0.15, 0.2) is 42.5 Å². The van der Waals surface area contributed by atoms with E-state index in [1.807, 2.05) is 26.8 Å². The predicted molar refractivity (Wildman–Crippen MR) is 113 cm³/mol. The number of benzene rings is 2. The Bertz CT molecular complexity index is 1020. The summed E-state index contributed by atoms with van der Waals surface area (Å²) in [6.45, 7) is 5.00. The Labute approximate surface area is 180 Å². The van der Waals surface area contributed by atoms with Gasteiger partial charge in [-0.3, -0.25) is 24.1 Å². The molecule has 3 rings (SSSR count). The molecule has 2 aromatic carbocycles. The first kappa shape index (κ1) is 22.0. The van der Waals surface area contributed by atoms with Gasteiger partial charge in [0.15, 0.2) is 6.61 Å². The van der Waals surface area contributed by atoms with Gasteiger partial charge in [0.25, 0.3) is 17.7 Å². The van der Waals surface area contributed by atoms with E-state index in [2.05, 4.69) is 5.32 Å². The molecule has 0 fully saturated rings. The highest BCUT2D eigenvalue weighted by molar-refractivity contribution is 6.22. The first-order valence-electron chi connectivity index (χ1n) is 9.71. The molecule has 31 heavy (non-hydrogen) atoms. The van der Waals surface area contributed by atoms with Gasteiger partial charge in [0, 0.05) is 0 Å². The summed E-state index contributed by atoms with van der Waals surface area (Å²) in [6, 6.07) is 11.8. The number of amides is 3. The van der Waals surface area contributed by atoms with E-state index in [1.165, 1.54) is 19.2 Å². The maximum atomic E-state index is 12.3. The minimum Gasteiger partial charge on any atom is -0.495 e. The fourth-order valence-corrected chi connectivity index (χ4v) is 3.16. The van der Waals surface area contributed by atoms with Crippen molar-refractivity contribution in [2.24, 2.45) is 0 Å². The van der Waals surface area contributed by atoms with E-state index < -0.39 is 36.8 Å². The monoisotopic (exact) mass is 424 g/mol. The number of imide groups is 1. The molecule has 0 unspecified atom stereocenters. The Morgan fingerprint density at radius 3 is 2.16 bits per heavy atom. The Kier molecular flexibility index (Phi) is 6.10. The number of nitrogens with one attached hydrogen (secondary N) is 1. The highest BCUT2D eigenvalue weighted by Crippen LogP contribution is 2.31. The van der Waals surface area contributed by atoms with Crippen molar-refractivity contribution in [3.63, 3.8) is 0 Å². The molecule has 8 heteroatoms. The van der Waals surface area contributed by atoms with Crippen LogP contribution in [0, 0.1) is 0 Å². The molecule has 0 saturated heterocycles. The second-order valence-corrected chi connectivity index (χ2v) is 8.12. The first-order chi connectivity index (χ1) is 14.6. The van der Waals surface area contributed by atoms with Gasteiger partial charge in [0.1, 0.15) is 12.3 Å². The van der Waals surface area contributed by atoms with Crippen LogP contribution < -0.4 is 10.1 Å². The number of anilines is 1. The quantitative estimate of drug-likeness (QED) is 0.565. The van der Waals surface area contributed by atoms with Gasteiger partial charge in [-0.25, -0.2) is 0 Å². The van der Waals surface area contributed by atoms with E-state index >= 15 is 0 Å². The molecule has 0 saturated carbocycles. The Morgan fingerprint density at radius 2 is 1.61 bits per heavy atom. The molecule has 0 radical (unpaired) electrons. The third-order valence-electron chi connectivity index (χ3n) is 4.87. The number of carbonyl (C=O) groups is 4. The van der Waals surface area contributed by atoms with Crippen LogP contribution in [0.4, 0.5) is 5.69 Å². The fourth-order valence-electron chi connectivity index (χ4n) is 3.16. The van der Waals surface area contributed by atoms with Crippen molar-refractivity contribution in [3.8, 4) is 5.75 Å². The molecular formula is C23H24N2O6. The van der Waals surface area contributed by atoms with Crippen LogP contribution in [-0.4, -0.2) is 48.9 Å². The summed E-state index contributed by atoms with van der Waals surface area (Å²) in [6.07, 6.45) is 0. The summed E-state index contributed by atoms with van der Waals surface area (Å²) in [7, 11) is 1.49. The summed E-state index contributed by atoms with van der Waals surface area (Å²) >= 11 is 0. The average molecular weight is 424 g/mol. The van der Waals surface area contributed by atoms with Crippen molar-refractivity contribution in [3.05, 3.63) is 59.2 Å². The lowest BCUT2D eigenvalue weighted by Gasteiger charge is -2.21. The molecule has 0 aromatic heterocycles. The molecular weight excluding hydrogens is 400 g/mol. The Morgan fingerprint density at radius 1 is 1.00 bits per heavy atom. The van der Waals surface area contributed by atoms with Crippen molar-refractivity contribution in [1.29, 1.82) is 0 Å². The molecule has 0 aliphatic carbocycles. The number of methoxy groups -OCH3 is 1. The summed E-state index contributed by atoms with van der Waals surface area (Å²) in [4.78, 5) is 49.9. The SMILES string of the molecule is COc1ccc(C(C)(C)C)cc1NC(=O)COC(=O)CN1C(=O)c2ccccc2C1=O. The third kappa shape index (κ3) is 4.74. The van der Waals surface area contributed by atoms with Crippen LogP contribution in [0.3, 0.4) is 0 Å². The molecule has 1 aliphatic rings. The van der Waals surface area contributed by atoms with E-state index in [0.717, 1.165) is 10.5 Å². The number of hydrogen-bond acceptors (Lipinski definition) is 6. The molecule has 3 amide bonds. The van der Waals surface area contributed by atoms with E-state index in [0.29, 0.717) is 11.4 Å². The van der Waals surface area contributed by atoms with Crippen LogP contribution in [0.1, 0.15) is 47.1 Å². The second kappa shape index (κ2) is 8.59. The summed E-state index contributed by atoms with van der Waals surface area (Å²) in [5.41, 5.74) is 1.79. The lowest BCUT2D eigenvalue weighted by Crippen LogP contribution is -2.36. The van der Waals surface area contributed by atoms with Crippen LogP contribution in [0.2, 0.25) is 0 Å². The van der Waals surface area contributed by atoms with Gasteiger partial charge in [0.05, 0.1) is 23.9 Å². The van der Waals surface area contributed by atoms with E-state index in [-0.39, 0.29) is 16.5 Å². The Balaban J connectivity index is 1.59. The highest BCUT2D eigenvalue weighted by Gasteiger charge is 2.36. The molecule has 0 atom stereocenters. The lowest BCUT2D eigenvalue weighted by atomic mass is 9.87. The fraction of sp³-hybridized carbons (Fsp3) is 0.304. The first-order valence-corrected chi connectivity index (χ1v) is 9.71. The zero-order valence-corrected chi connectivity index (χ0v) is 17.9. The number of hydrogen-bond donors (Lipinski definition) is 1. The van der Waals surface area contributed by atoms with Gasteiger partial charge in [0.2, 0.25) is 0 Å². The van der Waals surface area contributed by atoms with Gasteiger partial charge in [-0.15, -0.1) is 0 Å². The zero-order valence-electron chi connectivity index (χ0n) is 17.9. The largest absolute Gasteiger partial charge is 0.495 e. The van der Waals surface area contributed by atoms with Crippen molar-refractivity contribution < 1.29 is 28.7 Å². The molecule has 1 aliphatic heterocycles. The van der Waals surface area contributed by atoms with Crippen molar-refractivity contribution in [2.75, 3.05) is 25.6 Å². The molecule has 2 aromatic rings. The minimum atomic E-state index is -0.861. The predicted octanol–water partition coefficient (Wildman–Crippen LogP) is 2.77. The number of ether oxygens (including phenoxy) is 2. The van der Waals surface area contributed by atoms with Crippen LogP contribution in [-0.2, 0) is 19.7 Å². The van der Waals surface area contributed by atoms with Gasteiger partial charge in [-0.1, -0.05) is 39.0 Å². The molecule has 1 N–H and O–H groups in total. The van der Waals surface area contributed by atoms with Crippen molar-refractivity contribution in [2.45, 2.75) is 26.2 Å². The van der Waals surface area contributed by atoms with Gasteiger partial charge in [-0.05, 0) is 35.2 Å². The molecule has 0 bridgehead atoms. The minimum absolute atomic E-state index is 0.134. The van der Waals surface area contributed by atoms with Crippen LogP contribution in [0.25, 0.3) is 0 Å². The number of nitrogens with zero attached hydrogens (tertiary/aromatic N) is 1. The van der Waals surface area contributed by atoms with Crippen LogP contribution in [0.5, 0.6) is 5.75 Å². The smallest absolute Gasteiger partial charge is 0.326 e. The van der Waals surface area contributed by atoms with E-state index in [9.17, 15) is 19.2 Å². The summed E-state index contributed by atoms with van der Waals surface area (Å²) < 4.78 is 10.2. The topological polar surface area (TPSA) is 102 Å². The second-order valence-electron chi connectivity index (χ2n) is 8.12. The number of rotatable bonds is 6. The van der Waals surface area contributed by atoms with Gasteiger partial charge < -0.3 is 14.8 Å². The maximum Gasteiger partial charge on any atom is 0.326 e. The number of carbonyl (C=O) groups excluding carboxylic acids is 4.